The summed E-state index contributed by atoms with van der Waals surface area (Å²) in [6.07, 6.45) is 0. The molecular formula is C25H18ClN5O4S. The Morgan fingerprint density at radius 3 is 2.31 bits per heavy atom. The van der Waals surface area contributed by atoms with Crippen molar-refractivity contribution in [2.45, 2.75) is 4.90 Å². The van der Waals surface area contributed by atoms with Gasteiger partial charge in [-0.2, -0.15) is 5.10 Å². The molecule has 5 rings (SSSR count). The molecule has 180 valence electrons. The number of fused-ring (bicyclic) bond motifs is 3. The molecule has 36 heavy (non-hydrogen) atoms. The van der Waals surface area contributed by atoms with Gasteiger partial charge in [0.25, 0.3) is 11.8 Å². The average molecular weight is 520 g/mol. The molecular weight excluding hydrogens is 502 g/mol. The number of rotatable bonds is 5. The van der Waals surface area contributed by atoms with E-state index in [1.54, 1.807) is 42.5 Å². The van der Waals surface area contributed by atoms with Crippen LogP contribution in [0.5, 0.6) is 0 Å². The van der Waals surface area contributed by atoms with Gasteiger partial charge >= 0.3 is 0 Å². The van der Waals surface area contributed by atoms with Gasteiger partial charge in [0.1, 0.15) is 0 Å². The van der Waals surface area contributed by atoms with Crippen molar-refractivity contribution in [3.05, 3.63) is 95.1 Å². The van der Waals surface area contributed by atoms with E-state index >= 15 is 0 Å². The van der Waals surface area contributed by atoms with Gasteiger partial charge in [-0.15, -0.1) is 0 Å². The number of aromatic nitrogens is 2. The zero-order chi connectivity index (χ0) is 25.6. The summed E-state index contributed by atoms with van der Waals surface area (Å²) in [5.74, 6) is -1.06. The number of primary sulfonamides is 1. The van der Waals surface area contributed by atoms with Gasteiger partial charge in [0.2, 0.25) is 10.0 Å². The highest BCUT2D eigenvalue weighted by molar-refractivity contribution is 7.89. The molecule has 4 aromatic carbocycles. The van der Waals surface area contributed by atoms with Gasteiger partial charge < -0.3 is 11.1 Å². The van der Waals surface area contributed by atoms with E-state index in [0.29, 0.717) is 38.3 Å². The van der Waals surface area contributed by atoms with Crippen LogP contribution in [0.3, 0.4) is 0 Å². The number of nitrogens with two attached hydrogens (primary N) is 2. The minimum Gasteiger partial charge on any atom is -0.364 e. The maximum absolute atomic E-state index is 12.8. The van der Waals surface area contributed by atoms with E-state index in [1.807, 2.05) is 12.1 Å². The molecule has 0 unspecified atom stereocenters. The van der Waals surface area contributed by atoms with Gasteiger partial charge in [0.05, 0.1) is 16.1 Å². The molecule has 0 aliphatic carbocycles. The van der Waals surface area contributed by atoms with Crippen LogP contribution in [-0.2, 0) is 10.0 Å². The predicted octanol–water partition coefficient (Wildman–Crippen LogP) is 3.83. The van der Waals surface area contributed by atoms with Crippen molar-refractivity contribution < 1.29 is 18.0 Å². The van der Waals surface area contributed by atoms with Crippen molar-refractivity contribution in [1.82, 2.24) is 9.78 Å². The van der Waals surface area contributed by atoms with Crippen LogP contribution >= 0.6 is 11.6 Å². The molecule has 0 spiro atoms. The summed E-state index contributed by atoms with van der Waals surface area (Å²) in [6.45, 7) is 0. The van der Waals surface area contributed by atoms with Crippen molar-refractivity contribution >= 4 is 60.8 Å². The van der Waals surface area contributed by atoms with Crippen LogP contribution < -0.4 is 16.2 Å². The molecule has 0 aliphatic rings. The number of sulfonamides is 1. The fraction of sp³-hybridized carbons (Fsp3) is 0. The third-order valence-corrected chi connectivity index (χ3v) is 6.81. The Hall–Kier alpha value is -4.25. The SMILES string of the molecule is NC(=O)c1nn(-c2ccc(S(N)(=O)=O)cc2)c2c1ccc1ccc(NC(=O)c3cccc(Cl)c3)cc12. The zero-order valence-corrected chi connectivity index (χ0v) is 20.0. The van der Waals surface area contributed by atoms with Gasteiger partial charge in [-0.1, -0.05) is 29.8 Å². The molecule has 11 heteroatoms. The molecule has 0 aliphatic heterocycles. The number of hydrogen-bond donors (Lipinski definition) is 3. The summed E-state index contributed by atoms with van der Waals surface area (Å²) in [7, 11) is -3.88. The first kappa shape index (κ1) is 23.5. The second kappa shape index (κ2) is 8.76. The number of amides is 2. The third kappa shape index (κ3) is 4.29. The largest absolute Gasteiger partial charge is 0.364 e. The maximum Gasteiger partial charge on any atom is 0.269 e. The van der Waals surface area contributed by atoms with E-state index in [1.165, 1.54) is 28.9 Å². The number of carbonyl (C=O) groups is 2. The Morgan fingerprint density at radius 2 is 1.64 bits per heavy atom. The van der Waals surface area contributed by atoms with E-state index in [2.05, 4.69) is 10.4 Å². The van der Waals surface area contributed by atoms with Crippen molar-refractivity contribution in [3.8, 4) is 5.69 Å². The van der Waals surface area contributed by atoms with E-state index in [9.17, 15) is 18.0 Å². The molecule has 1 aromatic heterocycles. The standard InChI is InChI=1S/C25H18ClN5O4S/c26-16-3-1-2-15(12-16)25(33)29-17-6-4-14-5-11-20-22(24(27)32)30-31(23(20)21(14)13-17)18-7-9-19(10-8-18)36(28,34)35/h1-13H,(H2,27,32)(H,29,33)(H2,28,34,35). The lowest BCUT2D eigenvalue weighted by atomic mass is 10.0. The molecule has 2 amide bonds. The number of carbonyl (C=O) groups excluding carboxylic acids is 2. The summed E-state index contributed by atoms with van der Waals surface area (Å²) in [5.41, 5.74) is 7.60. The summed E-state index contributed by atoms with van der Waals surface area (Å²) >= 11 is 6.01. The monoisotopic (exact) mass is 519 g/mol. The molecule has 5 aromatic rings. The first-order valence-corrected chi connectivity index (χ1v) is 12.5. The van der Waals surface area contributed by atoms with Gasteiger partial charge in [0.15, 0.2) is 5.69 Å². The predicted molar refractivity (Wildman–Crippen MR) is 138 cm³/mol. The van der Waals surface area contributed by atoms with Crippen molar-refractivity contribution in [1.29, 1.82) is 0 Å². The molecule has 0 bridgehead atoms. The highest BCUT2D eigenvalue weighted by Gasteiger charge is 2.19. The summed E-state index contributed by atoms with van der Waals surface area (Å²) in [4.78, 5) is 24.9. The lowest BCUT2D eigenvalue weighted by Crippen LogP contribution is -2.13. The highest BCUT2D eigenvalue weighted by atomic mass is 35.5. The second-order valence-corrected chi connectivity index (χ2v) is 10.0. The van der Waals surface area contributed by atoms with Crippen LogP contribution in [0.1, 0.15) is 20.8 Å². The lowest BCUT2D eigenvalue weighted by molar-refractivity contribution is 0.0994. The highest BCUT2D eigenvalue weighted by Crippen LogP contribution is 2.32. The fourth-order valence-electron chi connectivity index (χ4n) is 3.98. The lowest BCUT2D eigenvalue weighted by Gasteiger charge is -2.10. The Labute approximate surface area is 210 Å². The van der Waals surface area contributed by atoms with Crippen LogP contribution in [0.2, 0.25) is 5.02 Å². The molecule has 0 atom stereocenters. The second-order valence-electron chi connectivity index (χ2n) is 8.03. The minimum absolute atomic E-state index is 0.0517. The maximum atomic E-state index is 12.8. The Kier molecular flexibility index (Phi) is 5.71. The Balaban J connectivity index is 1.67. The van der Waals surface area contributed by atoms with E-state index in [4.69, 9.17) is 22.5 Å². The quantitative estimate of drug-likeness (QED) is 0.322. The summed E-state index contributed by atoms with van der Waals surface area (Å²) in [5, 5.41) is 14.9. The van der Waals surface area contributed by atoms with Crippen LogP contribution in [0.4, 0.5) is 5.69 Å². The topological polar surface area (TPSA) is 150 Å². The summed E-state index contributed by atoms with van der Waals surface area (Å²) in [6, 6.07) is 21.3. The fourth-order valence-corrected chi connectivity index (χ4v) is 4.69. The van der Waals surface area contributed by atoms with Crippen molar-refractivity contribution in [2.75, 3.05) is 5.32 Å². The number of nitrogens with zero attached hydrogens (tertiary/aromatic N) is 2. The number of benzene rings is 4. The number of anilines is 1. The Bertz CT molecular complexity index is 1800. The van der Waals surface area contributed by atoms with Crippen LogP contribution in [0, 0.1) is 0 Å². The van der Waals surface area contributed by atoms with Gasteiger partial charge in [-0.3, -0.25) is 9.59 Å². The molecule has 5 N–H and O–H groups in total. The molecule has 9 nitrogen and oxygen atoms in total. The molecule has 0 saturated heterocycles. The molecule has 0 radical (unpaired) electrons. The third-order valence-electron chi connectivity index (χ3n) is 5.65. The van der Waals surface area contributed by atoms with E-state index in [-0.39, 0.29) is 16.5 Å². The number of halogens is 1. The smallest absolute Gasteiger partial charge is 0.269 e. The van der Waals surface area contributed by atoms with Gasteiger partial charge in [0, 0.05) is 27.0 Å². The number of hydrogen-bond acceptors (Lipinski definition) is 5. The average Bonchev–Trinajstić information content (AvgIpc) is 3.24. The van der Waals surface area contributed by atoms with E-state index in [0.717, 1.165) is 5.39 Å². The normalized spacial score (nSPS) is 11.6. The Morgan fingerprint density at radius 1 is 0.917 bits per heavy atom. The van der Waals surface area contributed by atoms with Crippen LogP contribution in [0.15, 0.2) is 83.8 Å². The zero-order valence-electron chi connectivity index (χ0n) is 18.5. The van der Waals surface area contributed by atoms with E-state index < -0.39 is 15.9 Å². The van der Waals surface area contributed by atoms with Crippen LogP contribution in [-0.4, -0.2) is 30.0 Å². The van der Waals surface area contributed by atoms with Crippen molar-refractivity contribution in [2.24, 2.45) is 10.9 Å². The molecule has 1 heterocycles. The molecule has 0 fully saturated rings. The van der Waals surface area contributed by atoms with Crippen LogP contribution in [0.25, 0.3) is 27.4 Å². The first-order valence-electron chi connectivity index (χ1n) is 10.6. The molecule has 0 saturated carbocycles. The van der Waals surface area contributed by atoms with Gasteiger partial charge in [-0.25, -0.2) is 18.2 Å². The number of nitrogens with one attached hydrogen (secondary N) is 1. The van der Waals surface area contributed by atoms with Gasteiger partial charge in [-0.05, 0) is 66.0 Å². The van der Waals surface area contributed by atoms with Crippen molar-refractivity contribution in [3.63, 3.8) is 0 Å². The summed E-state index contributed by atoms with van der Waals surface area (Å²) < 4.78 is 24.8. The number of primary amides is 1. The first-order chi connectivity index (χ1) is 17.1. The minimum atomic E-state index is -3.88.